The maximum atomic E-state index is 11.3. The van der Waals surface area contributed by atoms with E-state index in [1.54, 1.807) is 0 Å². The molecule has 0 amide bonds. The summed E-state index contributed by atoms with van der Waals surface area (Å²) < 4.78 is 31.3. The summed E-state index contributed by atoms with van der Waals surface area (Å²) in [5.74, 6) is -0.211. The molecule has 0 atom stereocenters. The maximum Gasteiger partial charge on any atom is 0.305 e. The number of hydrogen-bond donors (Lipinski definition) is 1. The molecule has 0 unspecified atom stereocenters. The third kappa shape index (κ3) is 21.3. The Labute approximate surface area is 157 Å². The molecule has 0 spiro atoms. The van der Waals surface area contributed by atoms with Crippen LogP contribution in [-0.2, 0) is 33.2 Å². The van der Waals surface area contributed by atoms with Crippen molar-refractivity contribution in [1.29, 1.82) is 0 Å². The summed E-state index contributed by atoms with van der Waals surface area (Å²) in [6, 6.07) is 0. The van der Waals surface area contributed by atoms with E-state index in [0.717, 1.165) is 12.8 Å². The summed E-state index contributed by atoms with van der Waals surface area (Å²) >= 11 is 0. The first kappa shape index (κ1) is 25.3. The van der Waals surface area contributed by atoms with Crippen molar-refractivity contribution in [2.24, 2.45) is 0 Å². The van der Waals surface area contributed by atoms with Crippen LogP contribution in [0.4, 0.5) is 0 Å². The zero-order valence-corrected chi connectivity index (χ0v) is 15.7. The van der Waals surface area contributed by atoms with E-state index in [2.05, 4.69) is 0 Å². The molecule has 0 bridgehead atoms. The Balaban J connectivity index is 3.06. The molecule has 0 heterocycles. The van der Waals surface area contributed by atoms with Crippen LogP contribution in [0.25, 0.3) is 0 Å². The number of hydrogen-bond acceptors (Lipinski definition) is 8. The van der Waals surface area contributed by atoms with Crippen LogP contribution >= 0.6 is 0 Å². The first-order valence-corrected chi connectivity index (χ1v) is 9.16. The summed E-state index contributed by atoms with van der Waals surface area (Å²) in [6.07, 6.45) is 2.59. The van der Waals surface area contributed by atoms with Gasteiger partial charge in [0.05, 0.1) is 80.5 Å². The van der Waals surface area contributed by atoms with E-state index in [4.69, 9.17) is 41.4 Å². The normalized spacial score (nSPS) is 11.0. The van der Waals surface area contributed by atoms with Gasteiger partial charge < -0.3 is 33.5 Å². The van der Waals surface area contributed by atoms with E-state index in [0.29, 0.717) is 78.8 Å². The van der Waals surface area contributed by atoms with Crippen LogP contribution in [0.2, 0.25) is 6.32 Å². The highest BCUT2D eigenvalue weighted by Gasteiger charge is 2.01. The van der Waals surface area contributed by atoms with Gasteiger partial charge in [-0.2, -0.15) is 0 Å². The first-order valence-electron chi connectivity index (χ1n) is 9.16. The Kier molecular flexibility index (Phi) is 21.7. The van der Waals surface area contributed by atoms with Gasteiger partial charge in [0.15, 0.2) is 0 Å². The van der Waals surface area contributed by atoms with Crippen molar-refractivity contribution in [2.75, 3.05) is 79.3 Å². The van der Waals surface area contributed by atoms with Gasteiger partial charge in [0.25, 0.3) is 0 Å². The number of carbonyl (C=O) groups excluding carboxylic acids is 1. The Hall–Kier alpha value is -0.705. The number of aliphatic hydroxyl groups excluding tert-OH is 1. The fourth-order valence-electron chi connectivity index (χ4n) is 1.75. The summed E-state index contributed by atoms with van der Waals surface area (Å²) in [5.41, 5.74) is 0. The van der Waals surface area contributed by atoms with Crippen LogP contribution in [0.5, 0.6) is 0 Å². The molecule has 1 N–H and O–H groups in total. The van der Waals surface area contributed by atoms with Crippen molar-refractivity contribution in [3.8, 4) is 0 Å². The van der Waals surface area contributed by atoms with Crippen molar-refractivity contribution >= 4 is 13.8 Å². The molecule has 0 saturated heterocycles. The van der Waals surface area contributed by atoms with Crippen LogP contribution < -0.4 is 0 Å². The number of esters is 1. The third-order valence-corrected chi connectivity index (χ3v) is 3.05. The minimum atomic E-state index is -0.211. The predicted molar refractivity (Wildman–Crippen MR) is 96.6 cm³/mol. The van der Waals surface area contributed by atoms with Crippen molar-refractivity contribution in [2.45, 2.75) is 25.6 Å². The van der Waals surface area contributed by atoms with Crippen LogP contribution in [0, 0.1) is 0 Å². The lowest BCUT2D eigenvalue weighted by Crippen LogP contribution is -2.15. The molecular formula is C17H33BO8. The lowest BCUT2D eigenvalue weighted by molar-refractivity contribution is -0.145. The molecule has 0 aromatic heterocycles. The van der Waals surface area contributed by atoms with E-state index in [1.165, 1.54) is 0 Å². The zero-order valence-electron chi connectivity index (χ0n) is 15.7. The van der Waals surface area contributed by atoms with E-state index >= 15 is 0 Å². The SMILES string of the molecule is [B]CCCCC(=O)OCCOCCOCCOCCOCCOCCO. The molecule has 2 radical (unpaired) electrons. The second-order valence-electron chi connectivity index (χ2n) is 5.25. The van der Waals surface area contributed by atoms with Crippen LogP contribution in [0.1, 0.15) is 19.3 Å². The van der Waals surface area contributed by atoms with Gasteiger partial charge in [-0.15, -0.1) is 0 Å². The van der Waals surface area contributed by atoms with Crippen molar-refractivity contribution in [3.63, 3.8) is 0 Å². The fourth-order valence-corrected chi connectivity index (χ4v) is 1.75. The molecule has 0 aromatic carbocycles. The monoisotopic (exact) mass is 376 g/mol. The topological polar surface area (TPSA) is 92.7 Å². The summed E-state index contributed by atoms with van der Waals surface area (Å²) in [7, 11) is 5.35. The second-order valence-corrected chi connectivity index (χ2v) is 5.25. The Morgan fingerprint density at radius 2 is 1.08 bits per heavy atom. The van der Waals surface area contributed by atoms with Gasteiger partial charge in [-0.05, 0) is 6.42 Å². The highest BCUT2D eigenvalue weighted by Crippen LogP contribution is 1.99. The fraction of sp³-hybridized carbons (Fsp3) is 0.941. The van der Waals surface area contributed by atoms with E-state index < -0.39 is 0 Å². The average Bonchev–Trinajstić information content (AvgIpc) is 2.64. The van der Waals surface area contributed by atoms with E-state index in [9.17, 15) is 4.79 Å². The Morgan fingerprint density at radius 3 is 1.50 bits per heavy atom. The minimum Gasteiger partial charge on any atom is -0.463 e. The standard InChI is InChI=1S/C17H33BO8/c18-4-2-1-3-17(20)26-16-15-25-14-13-24-12-11-23-10-9-22-8-7-21-6-5-19/h19H,1-16H2. The molecule has 8 nitrogen and oxygen atoms in total. The van der Waals surface area contributed by atoms with Crippen molar-refractivity contribution in [1.82, 2.24) is 0 Å². The van der Waals surface area contributed by atoms with Crippen LogP contribution in [-0.4, -0.2) is 98.2 Å². The second kappa shape index (κ2) is 22.3. The Bertz CT molecular complexity index is 294. The number of ether oxygens (including phenoxy) is 6. The molecule has 0 fully saturated rings. The number of unbranched alkanes of at least 4 members (excludes halogenated alkanes) is 1. The summed E-state index contributed by atoms with van der Waals surface area (Å²) in [5, 5.41) is 8.51. The van der Waals surface area contributed by atoms with E-state index in [-0.39, 0.29) is 19.2 Å². The quantitative estimate of drug-likeness (QED) is 0.174. The Morgan fingerprint density at radius 1 is 0.654 bits per heavy atom. The summed E-state index contributed by atoms with van der Waals surface area (Å²) in [4.78, 5) is 11.3. The molecule has 0 aromatic rings. The molecule has 9 heteroatoms. The smallest absolute Gasteiger partial charge is 0.305 e. The van der Waals surface area contributed by atoms with E-state index in [1.807, 2.05) is 0 Å². The van der Waals surface area contributed by atoms with Crippen molar-refractivity contribution in [3.05, 3.63) is 0 Å². The van der Waals surface area contributed by atoms with Gasteiger partial charge in [-0.25, -0.2) is 0 Å². The third-order valence-electron chi connectivity index (χ3n) is 3.05. The van der Waals surface area contributed by atoms with Gasteiger partial charge in [0.2, 0.25) is 0 Å². The number of aliphatic hydroxyl groups is 1. The van der Waals surface area contributed by atoms with Crippen molar-refractivity contribution < 1.29 is 38.3 Å². The van der Waals surface area contributed by atoms with Gasteiger partial charge in [0.1, 0.15) is 6.61 Å². The largest absolute Gasteiger partial charge is 0.463 e. The highest BCUT2D eigenvalue weighted by molar-refractivity contribution is 6.08. The molecule has 0 aliphatic heterocycles. The average molecular weight is 376 g/mol. The minimum absolute atomic E-state index is 0.0250. The number of carbonyl (C=O) groups is 1. The van der Waals surface area contributed by atoms with Crippen LogP contribution in [0.15, 0.2) is 0 Å². The maximum absolute atomic E-state index is 11.3. The predicted octanol–water partition coefficient (Wildman–Crippen LogP) is 0.362. The molecule has 26 heavy (non-hydrogen) atoms. The van der Waals surface area contributed by atoms with Gasteiger partial charge in [0, 0.05) is 6.42 Å². The zero-order chi connectivity index (χ0) is 19.1. The van der Waals surface area contributed by atoms with Gasteiger partial charge in [-0.1, -0.05) is 12.7 Å². The molecule has 0 aliphatic carbocycles. The molecular weight excluding hydrogens is 343 g/mol. The first-order chi connectivity index (χ1) is 12.8. The molecule has 0 rings (SSSR count). The lowest BCUT2D eigenvalue weighted by Gasteiger charge is -2.08. The number of rotatable bonds is 21. The van der Waals surface area contributed by atoms with Gasteiger partial charge >= 0.3 is 5.97 Å². The van der Waals surface area contributed by atoms with Gasteiger partial charge in [-0.3, -0.25) is 4.79 Å². The molecule has 0 saturated carbocycles. The molecule has 0 aliphatic rings. The molecule has 152 valence electrons. The lowest BCUT2D eigenvalue weighted by atomic mass is 10.00. The summed E-state index contributed by atoms with van der Waals surface area (Å²) in [6.45, 7) is 4.82. The highest BCUT2D eigenvalue weighted by atomic mass is 16.6. The van der Waals surface area contributed by atoms with Crippen LogP contribution in [0.3, 0.4) is 0 Å².